The fraction of sp³-hybridized carbons (Fsp3) is 0.400. The summed E-state index contributed by atoms with van der Waals surface area (Å²) >= 11 is 0. The summed E-state index contributed by atoms with van der Waals surface area (Å²) in [5, 5.41) is 6.17. The molecular formula is C10H13N3O3. The first kappa shape index (κ1) is 12.1. The van der Waals surface area contributed by atoms with E-state index in [0.29, 0.717) is 0 Å². The van der Waals surface area contributed by atoms with E-state index >= 15 is 0 Å². The molecule has 0 bridgehead atoms. The number of nitrogens with one attached hydrogen (secondary N) is 1. The lowest BCUT2D eigenvalue weighted by atomic mass is 10.2. The van der Waals surface area contributed by atoms with Crippen molar-refractivity contribution in [2.24, 2.45) is 0 Å². The molecule has 0 aliphatic rings. The van der Waals surface area contributed by atoms with Gasteiger partial charge in [-0.3, -0.25) is 14.4 Å². The van der Waals surface area contributed by atoms with Gasteiger partial charge in [-0.15, -0.1) is 0 Å². The second-order valence-electron chi connectivity index (χ2n) is 3.23. The summed E-state index contributed by atoms with van der Waals surface area (Å²) in [6.45, 7) is -0.0866. The van der Waals surface area contributed by atoms with Gasteiger partial charge in [0.15, 0.2) is 5.78 Å². The first-order chi connectivity index (χ1) is 7.63. The Morgan fingerprint density at radius 1 is 1.44 bits per heavy atom. The standard InChI is InChI=1S/C10H13N3O3/c1-11-9(15)5-4-8(14)7-13-10(16)3-2-6-12-13/h2-3,6H,4-5,7H2,1H3,(H,11,15). The highest BCUT2D eigenvalue weighted by Crippen LogP contribution is 1.92. The first-order valence-corrected chi connectivity index (χ1v) is 4.88. The summed E-state index contributed by atoms with van der Waals surface area (Å²) in [5.74, 6) is -0.383. The van der Waals surface area contributed by atoms with E-state index in [4.69, 9.17) is 0 Å². The van der Waals surface area contributed by atoms with Gasteiger partial charge in [0, 0.05) is 32.2 Å². The maximum absolute atomic E-state index is 11.4. The molecule has 1 amide bonds. The van der Waals surface area contributed by atoms with Gasteiger partial charge < -0.3 is 5.32 Å². The summed E-state index contributed by atoms with van der Waals surface area (Å²) in [6.07, 6.45) is 1.69. The highest BCUT2D eigenvalue weighted by Gasteiger charge is 2.07. The molecule has 16 heavy (non-hydrogen) atoms. The van der Waals surface area contributed by atoms with E-state index < -0.39 is 0 Å². The normalized spacial score (nSPS) is 9.81. The van der Waals surface area contributed by atoms with Gasteiger partial charge in [-0.05, 0) is 6.07 Å². The molecule has 1 rings (SSSR count). The van der Waals surface area contributed by atoms with Crippen molar-refractivity contribution in [2.45, 2.75) is 19.4 Å². The predicted octanol–water partition coefficient (Wildman–Crippen LogP) is -0.661. The van der Waals surface area contributed by atoms with Crippen LogP contribution in [-0.4, -0.2) is 28.5 Å². The number of aromatic nitrogens is 2. The lowest BCUT2D eigenvalue weighted by Gasteiger charge is -2.02. The zero-order valence-corrected chi connectivity index (χ0v) is 8.97. The van der Waals surface area contributed by atoms with Gasteiger partial charge in [0.05, 0.1) is 0 Å². The second-order valence-corrected chi connectivity index (χ2v) is 3.23. The van der Waals surface area contributed by atoms with Crippen LogP contribution in [0.25, 0.3) is 0 Å². The van der Waals surface area contributed by atoms with Crippen LogP contribution >= 0.6 is 0 Å². The molecule has 0 atom stereocenters. The zero-order valence-electron chi connectivity index (χ0n) is 8.97. The van der Waals surface area contributed by atoms with Crippen LogP contribution in [-0.2, 0) is 16.1 Å². The summed E-state index contributed by atoms with van der Waals surface area (Å²) in [6, 6.07) is 2.84. The van der Waals surface area contributed by atoms with E-state index in [0.717, 1.165) is 4.68 Å². The van der Waals surface area contributed by atoms with E-state index in [1.165, 1.54) is 25.4 Å². The minimum Gasteiger partial charge on any atom is -0.359 e. The maximum atomic E-state index is 11.4. The molecule has 1 aromatic heterocycles. The van der Waals surface area contributed by atoms with Crippen LogP contribution in [0.1, 0.15) is 12.8 Å². The van der Waals surface area contributed by atoms with Crippen molar-refractivity contribution in [3.8, 4) is 0 Å². The van der Waals surface area contributed by atoms with Gasteiger partial charge in [0.1, 0.15) is 6.54 Å². The monoisotopic (exact) mass is 223 g/mol. The quantitative estimate of drug-likeness (QED) is 0.718. The molecule has 1 heterocycles. The van der Waals surface area contributed by atoms with Crippen molar-refractivity contribution in [2.75, 3.05) is 7.05 Å². The zero-order chi connectivity index (χ0) is 12.0. The van der Waals surface area contributed by atoms with Gasteiger partial charge in [0.2, 0.25) is 5.91 Å². The van der Waals surface area contributed by atoms with Crippen molar-refractivity contribution in [1.82, 2.24) is 15.1 Å². The fourth-order valence-electron chi connectivity index (χ4n) is 1.13. The van der Waals surface area contributed by atoms with Crippen LogP contribution in [0.15, 0.2) is 23.1 Å². The van der Waals surface area contributed by atoms with Crippen LogP contribution in [0, 0.1) is 0 Å². The minimum atomic E-state index is -0.323. The van der Waals surface area contributed by atoms with Gasteiger partial charge in [0.25, 0.3) is 5.56 Å². The Morgan fingerprint density at radius 2 is 2.19 bits per heavy atom. The van der Waals surface area contributed by atoms with E-state index in [-0.39, 0.29) is 36.6 Å². The maximum Gasteiger partial charge on any atom is 0.267 e. The SMILES string of the molecule is CNC(=O)CCC(=O)Cn1ncccc1=O. The van der Waals surface area contributed by atoms with Crippen LogP contribution in [0.4, 0.5) is 0 Å². The van der Waals surface area contributed by atoms with Gasteiger partial charge in [-0.25, -0.2) is 4.68 Å². The number of carbonyl (C=O) groups excluding carboxylic acids is 2. The van der Waals surface area contributed by atoms with E-state index in [1.807, 2.05) is 0 Å². The lowest BCUT2D eigenvalue weighted by Crippen LogP contribution is -2.26. The fourth-order valence-corrected chi connectivity index (χ4v) is 1.13. The molecule has 0 saturated heterocycles. The van der Waals surface area contributed by atoms with E-state index in [9.17, 15) is 14.4 Å². The molecule has 0 radical (unpaired) electrons. The Morgan fingerprint density at radius 3 is 2.81 bits per heavy atom. The van der Waals surface area contributed by atoms with Crippen LogP contribution in [0.3, 0.4) is 0 Å². The third-order valence-corrected chi connectivity index (χ3v) is 2.02. The van der Waals surface area contributed by atoms with Gasteiger partial charge in [-0.2, -0.15) is 5.10 Å². The summed E-state index contributed by atoms with van der Waals surface area (Å²) < 4.78 is 1.08. The predicted molar refractivity (Wildman–Crippen MR) is 56.8 cm³/mol. The minimum absolute atomic E-state index is 0.0866. The molecule has 1 aromatic rings. The number of amides is 1. The molecule has 6 nitrogen and oxygen atoms in total. The topological polar surface area (TPSA) is 81.1 Å². The average molecular weight is 223 g/mol. The van der Waals surface area contributed by atoms with Gasteiger partial charge in [-0.1, -0.05) is 0 Å². The number of hydrogen-bond acceptors (Lipinski definition) is 4. The van der Waals surface area contributed by atoms with Crippen LogP contribution in [0.2, 0.25) is 0 Å². The smallest absolute Gasteiger partial charge is 0.267 e. The first-order valence-electron chi connectivity index (χ1n) is 4.88. The molecule has 0 aliphatic heterocycles. The van der Waals surface area contributed by atoms with Gasteiger partial charge >= 0.3 is 0 Å². The van der Waals surface area contributed by atoms with E-state index in [2.05, 4.69) is 10.4 Å². The molecule has 86 valence electrons. The third kappa shape index (κ3) is 3.64. The summed E-state index contributed by atoms with van der Waals surface area (Å²) in [4.78, 5) is 33.5. The van der Waals surface area contributed by atoms with E-state index in [1.54, 1.807) is 0 Å². The Bertz CT molecular complexity index is 439. The number of nitrogens with zero attached hydrogens (tertiary/aromatic N) is 2. The van der Waals surface area contributed by atoms with Crippen molar-refractivity contribution in [3.63, 3.8) is 0 Å². The molecular weight excluding hydrogens is 210 g/mol. The molecule has 0 aliphatic carbocycles. The average Bonchev–Trinajstić information content (AvgIpc) is 2.29. The largest absolute Gasteiger partial charge is 0.359 e. The molecule has 6 heteroatoms. The Hall–Kier alpha value is -1.98. The molecule has 1 N–H and O–H groups in total. The highest BCUT2D eigenvalue weighted by atomic mass is 16.2. The van der Waals surface area contributed by atoms with Crippen LogP contribution in [0.5, 0.6) is 0 Å². The molecule has 0 aromatic carbocycles. The molecule has 0 saturated carbocycles. The summed E-state index contributed by atoms with van der Waals surface area (Å²) in [5.41, 5.74) is -0.323. The van der Waals surface area contributed by atoms with Crippen molar-refractivity contribution >= 4 is 11.7 Å². The Balaban J connectivity index is 2.49. The Kier molecular flexibility index (Phi) is 4.38. The molecule has 0 unspecified atom stereocenters. The second kappa shape index (κ2) is 5.79. The molecule has 0 spiro atoms. The van der Waals surface area contributed by atoms with Crippen molar-refractivity contribution < 1.29 is 9.59 Å². The number of hydrogen-bond donors (Lipinski definition) is 1. The number of rotatable bonds is 5. The third-order valence-electron chi connectivity index (χ3n) is 2.02. The molecule has 0 fully saturated rings. The summed E-state index contributed by atoms with van der Waals surface area (Å²) in [7, 11) is 1.51. The number of Topliss-reactive ketones (excluding diaryl/α,β-unsaturated/α-hetero) is 1. The van der Waals surface area contributed by atoms with Crippen molar-refractivity contribution in [1.29, 1.82) is 0 Å². The number of carbonyl (C=O) groups is 2. The van der Waals surface area contributed by atoms with Crippen LogP contribution < -0.4 is 10.9 Å². The van der Waals surface area contributed by atoms with Crippen molar-refractivity contribution in [3.05, 3.63) is 28.7 Å². The number of ketones is 1. The lowest BCUT2D eigenvalue weighted by molar-refractivity contribution is -0.125. The highest BCUT2D eigenvalue weighted by molar-refractivity contribution is 5.84. The Labute approximate surface area is 92.3 Å².